The van der Waals surface area contributed by atoms with Crippen LogP contribution in [-0.2, 0) is 25.6 Å². The van der Waals surface area contributed by atoms with Crippen LogP contribution in [0.5, 0.6) is 0 Å². The molecule has 0 bridgehead atoms. The van der Waals surface area contributed by atoms with E-state index >= 15 is 0 Å². The summed E-state index contributed by atoms with van der Waals surface area (Å²) in [7, 11) is 0. The van der Waals surface area contributed by atoms with Crippen LogP contribution >= 0.6 is 11.3 Å². The minimum absolute atomic E-state index is 0.0311. The van der Waals surface area contributed by atoms with Gasteiger partial charge in [0.2, 0.25) is 0 Å². The molecule has 3 heterocycles. The Labute approximate surface area is 124 Å². The molecule has 0 spiro atoms. The van der Waals surface area contributed by atoms with E-state index < -0.39 is 0 Å². The summed E-state index contributed by atoms with van der Waals surface area (Å²) in [5, 5.41) is 4.18. The summed E-state index contributed by atoms with van der Waals surface area (Å²) in [6.07, 6.45) is 2.78. The summed E-state index contributed by atoms with van der Waals surface area (Å²) in [6, 6.07) is 2.09. The summed E-state index contributed by atoms with van der Waals surface area (Å²) >= 11 is 1.69. The van der Waals surface area contributed by atoms with Gasteiger partial charge in [-0.05, 0) is 35.7 Å². The second kappa shape index (κ2) is 6.54. The SMILES string of the molecule is CCCC[C@H]1O[C@@H]2OC(C)O[C@@H]2[C@H]1OCc1ccsc1. The van der Waals surface area contributed by atoms with Crippen molar-refractivity contribution in [2.75, 3.05) is 0 Å². The fraction of sp³-hybridized carbons (Fsp3) is 0.733. The Kier molecular flexibility index (Phi) is 4.73. The van der Waals surface area contributed by atoms with Crippen molar-refractivity contribution in [3.63, 3.8) is 0 Å². The molecule has 0 aliphatic carbocycles. The average Bonchev–Trinajstić information content (AvgIpc) is 3.10. The predicted molar refractivity (Wildman–Crippen MR) is 76.5 cm³/mol. The van der Waals surface area contributed by atoms with E-state index in [0.29, 0.717) is 6.61 Å². The predicted octanol–water partition coefficient (Wildman–Crippen LogP) is 3.31. The standard InChI is InChI=1S/C15H22O4S/c1-3-4-5-12-13(16-8-11-6-7-20-9-11)14-15(19-12)18-10(2)17-14/h6-7,9-10,12-15H,3-5,8H2,1-2H3/t10?,12-,13+,14-,15+/m1/s1. The lowest BCUT2D eigenvalue weighted by Gasteiger charge is -2.22. The summed E-state index contributed by atoms with van der Waals surface area (Å²) in [4.78, 5) is 0. The monoisotopic (exact) mass is 298 g/mol. The molecule has 1 unspecified atom stereocenters. The Bertz CT molecular complexity index is 408. The van der Waals surface area contributed by atoms with Gasteiger partial charge in [-0.25, -0.2) is 0 Å². The third kappa shape index (κ3) is 3.07. The van der Waals surface area contributed by atoms with Crippen LogP contribution in [0.4, 0.5) is 0 Å². The summed E-state index contributed by atoms with van der Waals surface area (Å²) < 4.78 is 23.5. The largest absolute Gasteiger partial charge is 0.368 e. The highest BCUT2D eigenvalue weighted by atomic mass is 32.1. The molecule has 4 nitrogen and oxygen atoms in total. The van der Waals surface area contributed by atoms with Crippen molar-refractivity contribution in [2.45, 2.75) is 70.6 Å². The molecule has 112 valence electrons. The van der Waals surface area contributed by atoms with E-state index in [2.05, 4.69) is 23.8 Å². The first-order valence-corrected chi connectivity index (χ1v) is 8.31. The van der Waals surface area contributed by atoms with E-state index in [1.807, 2.05) is 6.92 Å². The number of unbranched alkanes of at least 4 members (excludes halogenated alkanes) is 1. The zero-order valence-corrected chi connectivity index (χ0v) is 12.8. The molecule has 5 atom stereocenters. The lowest BCUT2D eigenvalue weighted by atomic mass is 10.1. The number of ether oxygens (including phenoxy) is 4. The number of thiophene rings is 1. The van der Waals surface area contributed by atoms with E-state index in [-0.39, 0.29) is 30.9 Å². The molecule has 0 radical (unpaired) electrons. The van der Waals surface area contributed by atoms with Crippen molar-refractivity contribution in [1.29, 1.82) is 0 Å². The molecule has 2 aliphatic heterocycles. The van der Waals surface area contributed by atoms with Crippen molar-refractivity contribution >= 4 is 11.3 Å². The summed E-state index contributed by atoms with van der Waals surface area (Å²) in [6.45, 7) is 4.70. The topological polar surface area (TPSA) is 36.9 Å². The summed E-state index contributed by atoms with van der Waals surface area (Å²) in [5.41, 5.74) is 1.21. The molecule has 5 heteroatoms. The number of fused-ring (bicyclic) bond motifs is 1. The van der Waals surface area contributed by atoms with Gasteiger partial charge in [0.15, 0.2) is 12.6 Å². The van der Waals surface area contributed by atoms with Crippen molar-refractivity contribution < 1.29 is 18.9 Å². The zero-order chi connectivity index (χ0) is 13.9. The Morgan fingerprint density at radius 1 is 1.30 bits per heavy atom. The molecule has 2 saturated heterocycles. The molecule has 3 rings (SSSR count). The van der Waals surface area contributed by atoms with Crippen LogP contribution in [-0.4, -0.2) is 30.9 Å². The highest BCUT2D eigenvalue weighted by Gasteiger charge is 2.51. The Balaban J connectivity index is 1.62. The third-order valence-corrected chi connectivity index (χ3v) is 4.54. The Morgan fingerprint density at radius 3 is 2.95 bits per heavy atom. The van der Waals surface area contributed by atoms with Crippen LogP contribution in [0.3, 0.4) is 0 Å². The maximum absolute atomic E-state index is 6.10. The second-order valence-electron chi connectivity index (χ2n) is 5.40. The molecule has 2 aliphatic rings. The second-order valence-corrected chi connectivity index (χ2v) is 6.18. The Morgan fingerprint density at radius 2 is 2.20 bits per heavy atom. The fourth-order valence-corrected chi connectivity index (χ4v) is 3.45. The van der Waals surface area contributed by atoms with Crippen molar-refractivity contribution in [1.82, 2.24) is 0 Å². The van der Waals surface area contributed by atoms with Gasteiger partial charge in [0.05, 0.1) is 12.7 Å². The van der Waals surface area contributed by atoms with Gasteiger partial charge in [-0.15, -0.1) is 0 Å². The number of hydrogen-bond donors (Lipinski definition) is 0. The van der Waals surface area contributed by atoms with Gasteiger partial charge >= 0.3 is 0 Å². The first kappa shape index (κ1) is 14.5. The van der Waals surface area contributed by atoms with E-state index in [4.69, 9.17) is 18.9 Å². The van der Waals surface area contributed by atoms with E-state index in [0.717, 1.165) is 19.3 Å². The van der Waals surface area contributed by atoms with E-state index in [9.17, 15) is 0 Å². The van der Waals surface area contributed by atoms with Crippen LogP contribution in [0.25, 0.3) is 0 Å². The highest BCUT2D eigenvalue weighted by molar-refractivity contribution is 7.07. The quantitative estimate of drug-likeness (QED) is 0.807. The van der Waals surface area contributed by atoms with Crippen molar-refractivity contribution in [2.24, 2.45) is 0 Å². The molecular weight excluding hydrogens is 276 g/mol. The van der Waals surface area contributed by atoms with Crippen LogP contribution < -0.4 is 0 Å². The van der Waals surface area contributed by atoms with Gasteiger partial charge in [-0.3, -0.25) is 0 Å². The molecule has 0 saturated carbocycles. The van der Waals surface area contributed by atoms with Crippen LogP contribution in [0.1, 0.15) is 38.7 Å². The van der Waals surface area contributed by atoms with Gasteiger partial charge in [0, 0.05) is 0 Å². The normalized spacial score (nSPS) is 36.4. The molecule has 1 aromatic rings. The first-order chi connectivity index (χ1) is 9.78. The van der Waals surface area contributed by atoms with Gasteiger partial charge in [-0.1, -0.05) is 19.8 Å². The lowest BCUT2D eigenvalue weighted by molar-refractivity contribution is -0.169. The van der Waals surface area contributed by atoms with Crippen molar-refractivity contribution in [3.8, 4) is 0 Å². The molecule has 0 amide bonds. The van der Waals surface area contributed by atoms with Crippen LogP contribution in [0.2, 0.25) is 0 Å². The fourth-order valence-electron chi connectivity index (χ4n) is 2.79. The molecule has 20 heavy (non-hydrogen) atoms. The van der Waals surface area contributed by atoms with Gasteiger partial charge < -0.3 is 18.9 Å². The van der Waals surface area contributed by atoms with Gasteiger partial charge in [-0.2, -0.15) is 11.3 Å². The minimum atomic E-state index is -0.265. The van der Waals surface area contributed by atoms with E-state index in [1.165, 1.54) is 5.56 Å². The highest BCUT2D eigenvalue weighted by Crippen LogP contribution is 2.36. The molecule has 0 aromatic carbocycles. The summed E-state index contributed by atoms with van der Waals surface area (Å²) in [5.74, 6) is 0. The minimum Gasteiger partial charge on any atom is -0.368 e. The number of rotatable bonds is 6. The maximum atomic E-state index is 6.10. The molecular formula is C15H22O4S. The zero-order valence-electron chi connectivity index (χ0n) is 12.0. The smallest absolute Gasteiger partial charge is 0.189 e. The third-order valence-electron chi connectivity index (χ3n) is 3.81. The number of hydrogen-bond acceptors (Lipinski definition) is 5. The van der Waals surface area contributed by atoms with Crippen LogP contribution in [0, 0.1) is 0 Å². The van der Waals surface area contributed by atoms with Gasteiger partial charge in [0.25, 0.3) is 0 Å². The van der Waals surface area contributed by atoms with Crippen molar-refractivity contribution in [3.05, 3.63) is 22.4 Å². The van der Waals surface area contributed by atoms with E-state index in [1.54, 1.807) is 11.3 Å². The Hall–Kier alpha value is -0.460. The van der Waals surface area contributed by atoms with Crippen LogP contribution in [0.15, 0.2) is 16.8 Å². The maximum Gasteiger partial charge on any atom is 0.189 e. The lowest BCUT2D eigenvalue weighted by Crippen LogP contribution is -2.35. The first-order valence-electron chi connectivity index (χ1n) is 7.37. The average molecular weight is 298 g/mol. The molecule has 0 N–H and O–H groups in total. The molecule has 2 fully saturated rings. The van der Waals surface area contributed by atoms with Gasteiger partial charge in [0.1, 0.15) is 12.2 Å². The molecule has 1 aromatic heterocycles.